The standard InChI is InChI=1S/C13H22BrN/c14-2-1-3-15-13-7-10-4-11(8-13)6-12(5-10)9-13/h10-12,15H,1-9H2. The Labute approximate surface area is 102 Å². The average Bonchev–Trinajstić information content (AvgIpc) is 2.15. The first-order valence-corrected chi connectivity index (χ1v) is 7.73. The van der Waals surface area contributed by atoms with Crippen LogP contribution in [0.3, 0.4) is 0 Å². The molecule has 0 spiro atoms. The Morgan fingerprint density at radius 2 is 1.53 bits per heavy atom. The molecule has 4 fully saturated rings. The van der Waals surface area contributed by atoms with Gasteiger partial charge < -0.3 is 5.32 Å². The number of nitrogens with one attached hydrogen (secondary N) is 1. The highest BCUT2D eigenvalue weighted by Gasteiger charge is 2.50. The molecule has 2 heteroatoms. The first-order chi connectivity index (χ1) is 7.30. The first kappa shape index (κ1) is 10.6. The number of halogens is 1. The lowest BCUT2D eigenvalue weighted by atomic mass is 9.53. The van der Waals surface area contributed by atoms with Crippen molar-refractivity contribution < 1.29 is 0 Å². The minimum absolute atomic E-state index is 0.580. The van der Waals surface area contributed by atoms with E-state index in [1.807, 2.05) is 0 Å². The van der Waals surface area contributed by atoms with Gasteiger partial charge in [0.05, 0.1) is 0 Å². The van der Waals surface area contributed by atoms with Crippen molar-refractivity contribution in [1.82, 2.24) is 5.32 Å². The molecule has 4 bridgehead atoms. The summed E-state index contributed by atoms with van der Waals surface area (Å²) in [4.78, 5) is 0. The summed E-state index contributed by atoms with van der Waals surface area (Å²) < 4.78 is 0. The van der Waals surface area contributed by atoms with Crippen molar-refractivity contribution in [2.24, 2.45) is 17.8 Å². The van der Waals surface area contributed by atoms with Gasteiger partial charge in [-0.05, 0) is 69.2 Å². The van der Waals surface area contributed by atoms with E-state index in [1.165, 1.54) is 32.2 Å². The molecule has 0 aliphatic heterocycles. The van der Waals surface area contributed by atoms with Crippen molar-refractivity contribution in [2.75, 3.05) is 11.9 Å². The van der Waals surface area contributed by atoms with Crippen molar-refractivity contribution in [3.05, 3.63) is 0 Å². The van der Waals surface area contributed by atoms with Gasteiger partial charge in [-0.15, -0.1) is 0 Å². The van der Waals surface area contributed by atoms with Gasteiger partial charge in [0.1, 0.15) is 0 Å². The number of hydrogen-bond donors (Lipinski definition) is 1. The van der Waals surface area contributed by atoms with Gasteiger partial charge in [0, 0.05) is 10.9 Å². The monoisotopic (exact) mass is 271 g/mol. The van der Waals surface area contributed by atoms with Gasteiger partial charge in [-0.3, -0.25) is 0 Å². The fourth-order valence-corrected chi connectivity index (χ4v) is 5.03. The number of alkyl halides is 1. The third-order valence-electron chi connectivity index (χ3n) is 4.85. The second kappa shape index (κ2) is 4.03. The van der Waals surface area contributed by atoms with Crippen LogP contribution in [0, 0.1) is 17.8 Å². The molecule has 0 aromatic carbocycles. The summed E-state index contributed by atoms with van der Waals surface area (Å²) in [5.41, 5.74) is 0.580. The van der Waals surface area contributed by atoms with Crippen LogP contribution in [0.25, 0.3) is 0 Å². The predicted molar refractivity (Wildman–Crippen MR) is 67.3 cm³/mol. The topological polar surface area (TPSA) is 12.0 Å². The Morgan fingerprint density at radius 3 is 2.00 bits per heavy atom. The van der Waals surface area contributed by atoms with E-state index in [9.17, 15) is 0 Å². The van der Waals surface area contributed by atoms with Gasteiger partial charge >= 0.3 is 0 Å². The molecule has 4 aliphatic rings. The summed E-state index contributed by atoms with van der Waals surface area (Å²) in [6, 6.07) is 0. The zero-order valence-corrected chi connectivity index (χ0v) is 11.1. The lowest BCUT2D eigenvalue weighted by Crippen LogP contribution is -2.58. The molecule has 1 N–H and O–H groups in total. The highest BCUT2D eigenvalue weighted by atomic mass is 79.9. The van der Waals surface area contributed by atoms with Crippen LogP contribution >= 0.6 is 15.9 Å². The van der Waals surface area contributed by atoms with E-state index in [1.54, 1.807) is 19.3 Å². The zero-order chi connectivity index (χ0) is 10.3. The first-order valence-electron chi connectivity index (χ1n) is 6.61. The Kier molecular flexibility index (Phi) is 2.84. The van der Waals surface area contributed by atoms with Crippen LogP contribution in [0.1, 0.15) is 44.9 Å². The van der Waals surface area contributed by atoms with E-state index in [0.29, 0.717) is 5.54 Å². The third kappa shape index (κ3) is 2.00. The van der Waals surface area contributed by atoms with Gasteiger partial charge in [-0.2, -0.15) is 0 Å². The Balaban J connectivity index is 1.65. The molecule has 0 atom stereocenters. The molecule has 86 valence electrons. The molecule has 1 nitrogen and oxygen atoms in total. The molecule has 0 heterocycles. The Hall–Kier alpha value is 0.440. The normalized spacial score (nSPS) is 47.4. The lowest BCUT2D eigenvalue weighted by molar-refractivity contribution is -0.0193. The summed E-state index contributed by atoms with van der Waals surface area (Å²) in [5, 5.41) is 5.04. The molecule has 0 unspecified atom stereocenters. The van der Waals surface area contributed by atoms with Crippen molar-refractivity contribution in [1.29, 1.82) is 0 Å². The molecule has 4 rings (SSSR count). The van der Waals surface area contributed by atoms with E-state index in [-0.39, 0.29) is 0 Å². The van der Waals surface area contributed by atoms with Crippen LogP contribution in [-0.2, 0) is 0 Å². The largest absolute Gasteiger partial charge is 0.311 e. The molecule has 0 aromatic rings. The van der Waals surface area contributed by atoms with Crippen LogP contribution in [0.15, 0.2) is 0 Å². The highest BCUT2D eigenvalue weighted by molar-refractivity contribution is 9.09. The van der Waals surface area contributed by atoms with E-state index < -0.39 is 0 Å². The Morgan fingerprint density at radius 1 is 1.00 bits per heavy atom. The van der Waals surface area contributed by atoms with E-state index in [4.69, 9.17) is 0 Å². The van der Waals surface area contributed by atoms with Crippen molar-refractivity contribution in [2.45, 2.75) is 50.5 Å². The maximum Gasteiger partial charge on any atom is 0.0189 e. The summed E-state index contributed by atoms with van der Waals surface area (Å²) in [7, 11) is 0. The van der Waals surface area contributed by atoms with E-state index >= 15 is 0 Å². The van der Waals surface area contributed by atoms with Crippen LogP contribution in [0.4, 0.5) is 0 Å². The third-order valence-corrected chi connectivity index (χ3v) is 5.41. The van der Waals surface area contributed by atoms with Gasteiger partial charge in [0.15, 0.2) is 0 Å². The number of rotatable bonds is 4. The molecule has 0 saturated heterocycles. The quantitative estimate of drug-likeness (QED) is 0.611. The summed E-state index contributed by atoms with van der Waals surface area (Å²) in [5.74, 6) is 3.23. The molecule has 0 aromatic heterocycles. The summed E-state index contributed by atoms with van der Waals surface area (Å²) >= 11 is 3.52. The molecular weight excluding hydrogens is 250 g/mol. The van der Waals surface area contributed by atoms with Gasteiger partial charge in [0.25, 0.3) is 0 Å². The molecular formula is C13H22BrN. The SMILES string of the molecule is BrCCCNC12CC3CC(CC(C3)C1)C2. The van der Waals surface area contributed by atoms with Crippen LogP contribution in [0.2, 0.25) is 0 Å². The average molecular weight is 272 g/mol. The fourth-order valence-electron chi connectivity index (χ4n) is 4.75. The predicted octanol–water partition coefficient (Wildman–Crippen LogP) is 3.33. The zero-order valence-electron chi connectivity index (χ0n) is 9.47. The van der Waals surface area contributed by atoms with Gasteiger partial charge in [-0.25, -0.2) is 0 Å². The summed E-state index contributed by atoms with van der Waals surface area (Å²) in [6.07, 6.45) is 10.4. The minimum atomic E-state index is 0.580. The van der Waals surface area contributed by atoms with Crippen LogP contribution < -0.4 is 5.32 Å². The summed E-state index contributed by atoms with van der Waals surface area (Å²) in [6.45, 7) is 1.22. The van der Waals surface area contributed by atoms with Crippen molar-refractivity contribution >= 4 is 15.9 Å². The van der Waals surface area contributed by atoms with Gasteiger partial charge in [-0.1, -0.05) is 15.9 Å². The molecule has 0 radical (unpaired) electrons. The second-order valence-corrected chi connectivity index (χ2v) is 6.96. The van der Waals surface area contributed by atoms with Gasteiger partial charge in [0.2, 0.25) is 0 Å². The van der Waals surface area contributed by atoms with Crippen LogP contribution in [-0.4, -0.2) is 17.4 Å². The maximum absolute atomic E-state index is 3.90. The fraction of sp³-hybridized carbons (Fsp3) is 1.00. The molecule has 4 aliphatic carbocycles. The smallest absolute Gasteiger partial charge is 0.0189 e. The van der Waals surface area contributed by atoms with Crippen molar-refractivity contribution in [3.8, 4) is 0 Å². The molecule has 0 amide bonds. The van der Waals surface area contributed by atoms with Crippen molar-refractivity contribution in [3.63, 3.8) is 0 Å². The number of hydrogen-bond acceptors (Lipinski definition) is 1. The lowest BCUT2D eigenvalue weighted by Gasteiger charge is -2.57. The molecule has 4 saturated carbocycles. The van der Waals surface area contributed by atoms with Crippen LogP contribution in [0.5, 0.6) is 0 Å². The molecule has 15 heavy (non-hydrogen) atoms. The van der Waals surface area contributed by atoms with E-state index in [0.717, 1.165) is 23.1 Å². The Bertz CT molecular complexity index is 203. The minimum Gasteiger partial charge on any atom is -0.311 e. The second-order valence-electron chi connectivity index (χ2n) is 6.17. The highest BCUT2D eigenvalue weighted by Crippen LogP contribution is 2.55. The van der Waals surface area contributed by atoms with E-state index in [2.05, 4.69) is 21.2 Å². The maximum atomic E-state index is 3.90.